The second-order valence-electron chi connectivity index (χ2n) is 11.3. The number of carbonyl (C=O) groups excluding carboxylic acids is 1. The van der Waals surface area contributed by atoms with Gasteiger partial charge in [0, 0.05) is 38.6 Å². The zero-order valence-electron chi connectivity index (χ0n) is 21.8. The molecule has 1 saturated carbocycles. The van der Waals surface area contributed by atoms with Crippen molar-refractivity contribution in [1.29, 1.82) is 0 Å². The summed E-state index contributed by atoms with van der Waals surface area (Å²) in [4.78, 5) is 25.4. The fraction of sp³-hybridized carbons (Fsp3) is 0.679. The number of hydrogen-bond donors (Lipinski definition) is 0. The van der Waals surface area contributed by atoms with Gasteiger partial charge in [0.1, 0.15) is 11.9 Å². The second-order valence-corrected chi connectivity index (χ2v) is 11.8. The van der Waals surface area contributed by atoms with E-state index >= 15 is 4.39 Å². The Morgan fingerprint density at radius 3 is 2.73 bits per heavy atom. The van der Waals surface area contributed by atoms with Gasteiger partial charge in [0.25, 0.3) is 0 Å². The largest absolute Gasteiger partial charge is 0.494 e. The number of allylic oxidation sites excluding steroid dienone is 3. The molecule has 7 nitrogen and oxygen atoms in total. The Balaban J connectivity index is 1.01. The van der Waals surface area contributed by atoms with Gasteiger partial charge in [-0.05, 0) is 62.0 Å². The maximum atomic E-state index is 15.1. The molecule has 1 amide bonds. The highest BCUT2D eigenvalue weighted by Crippen LogP contribution is 2.50. The van der Waals surface area contributed by atoms with Crippen LogP contribution in [0.25, 0.3) is 0 Å². The van der Waals surface area contributed by atoms with Gasteiger partial charge in [-0.2, -0.15) is 0 Å². The first-order valence-corrected chi connectivity index (χ1v) is 13.9. The summed E-state index contributed by atoms with van der Waals surface area (Å²) in [5, 5.41) is 0.561. The standard InChI is InChI=1S/C28H38ClFN4O3/c1-28(15-26(35)33(2)22-7-11-36-18-22)8-3-23(14-25(28)30)37-12-6-20-13-24(20)19-4-9-34(10-5-19)27-31-16-21(29)17-32-27/h3,8,14,16-17,19-20,22,24-25H,4-7,9-13,15,18H2,1-2H3. The van der Waals surface area contributed by atoms with Crippen LogP contribution in [0.1, 0.15) is 45.4 Å². The van der Waals surface area contributed by atoms with Crippen LogP contribution >= 0.6 is 11.6 Å². The van der Waals surface area contributed by atoms with E-state index in [2.05, 4.69) is 14.9 Å². The normalized spacial score (nSPS) is 31.8. The highest BCUT2D eigenvalue weighted by molar-refractivity contribution is 6.30. The highest BCUT2D eigenvalue weighted by Gasteiger charge is 2.43. The molecule has 0 radical (unpaired) electrons. The van der Waals surface area contributed by atoms with E-state index in [1.54, 1.807) is 31.3 Å². The molecule has 0 bridgehead atoms. The number of nitrogens with zero attached hydrogens (tertiary/aromatic N) is 4. The minimum absolute atomic E-state index is 0.0469. The van der Waals surface area contributed by atoms with Crippen LogP contribution in [0.5, 0.6) is 0 Å². The van der Waals surface area contributed by atoms with E-state index in [1.807, 2.05) is 12.2 Å². The Hall–Kier alpha value is -2.19. The maximum absolute atomic E-state index is 15.1. The minimum Gasteiger partial charge on any atom is -0.494 e. The molecule has 202 valence electrons. The van der Waals surface area contributed by atoms with Gasteiger partial charge in [0.2, 0.25) is 11.9 Å². The van der Waals surface area contributed by atoms with Crippen molar-refractivity contribution in [3.05, 3.63) is 41.4 Å². The van der Waals surface area contributed by atoms with E-state index in [9.17, 15) is 4.79 Å². The molecule has 1 aromatic heterocycles. The molecule has 1 aromatic rings. The topological polar surface area (TPSA) is 67.8 Å². The number of halogens is 2. The first kappa shape index (κ1) is 26.4. The van der Waals surface area contributed by atoms with Crippen molar-refractivity contribution in [3.63, 3.8) is 0 Å². The van der Waals surface area contributed by atoms with Crippen LogP contribution in [-0.2, 0) is 14.3 Å². The summed E-state index contributed by atoms with van der Waals surface area (Å²) in [5.41, 5.74) is -0.856. The third-order valence-corrected chi connectivity index (χ3v) is 8.91. The van der Waals surface area contributed by atoms with Crippen molar-refractivity contribution in [2.45, 2.75) is 57.7 Å². The number of likely N-dealkylation sites (N-methyl/N-ethyl adjacent to an activating group) is 1. The Morgan fingerprint density at radius 2 is 2.05 bits per heavy atom. The van der Waals surface area contributed by atoms with Crippen LogP contribution in [0.4, 0.5) is 10.3 Å². The zero-order chi connectivity index (χ0) is 26.0. The van der Waals surface area contributed by atoms with Crippen LogP contribution in [0.2, 0.25) is 5.02 Å². The third-order valence-electron chi connectivity index (χ3n) is 8.72. The van der Waals surface area contributed by atoms with Gasteiger partial charge in [-0.25, -0.2) is 14.4 Å². The highest BCUT2D eigenvalue weighted by atomic mass is 35.5. The monoisotopic (exact) mass is 532 g/mol. The molecule has 2 aliphatic heterocycles. The number of carbonyl (C=O) groups is 1. The van der Waals surface area contributed by atoms with Gasteiger partial charge in [-0.1, -0.05) is 24.6 Å². The Kier molecular flexibility index (Phi) is 8.05. The van der Waals surface area contributed by atoms with E-state index in [-0.39, 0.29) is 18.4 Å². The molecule has 0 spiro atoms. The molecule has 37 heavy (non-hydrogen) atoms. The van der Waals surface area contributed by atoms with E-state index in [0.717, 1.165) is 56.6 Å². The average Bonchev–Trinajstić information content (AvgIpc) is 3.45. The SMILES string of the molecule is CN(C(=O)CC1(C)C=CC(OCCC2CC2C2CCN(c3ncc(Cl)cn3)CC2)=CC1F)C1CCOC1. The summed E-state index contributed by atoms with van der Waals surface area (Å²) in [6.07, 6.45) is 12.8. The van der Waals surface area contributed by atoms with Gasteiger partial charge in [-0.3, -0.25) is 4.79 Å². The molecule has 0 N–H and O–H groups in total. The number of ether oxygens (including phenoxy) is 2. The molecular formula is C28H38ClFN4O3. The molecule has 5 rings (SSSR count). The van der Waals surface area contributed by atoms with Gasteiger partial charge < -0.3 is 19.3 Å². The summed E-state index contributed by atoms with van der Waals surface area (Å²) in [5.74, 6) is 3.48. The molecule has 2 saturated heterocycles. The minimum atomic E-state index is -1.26. The number of anilines is 1. The maximum Gasteiger partial charge on any atom is 0.225 e. The van der Waals surface area contributed by atoms with Crippen molar-refractivity contribution in [3.8, 4) is 0 Å². The second kappa shape index (κ2) is 11.3. The van der Waals surface area contributed by atoms with E-state index in [1.165, 1.54) is 12.5 Å². The van der Waals surface area contributed by atoms with Crippen LogP contribution < -0.4 is 4.90 Å². The molecule has 5 atom stereocenters. The van der Waals surface area contributed by atoms with Crippen molar-refractivity contribution < 1.29 is 18.7 Å². The first-order chi connectivity index (χ1) is 17.8. The van der Waals surface area contributed by atoms with Gasteiger partial charge in [-0.15, -0.1) is 0 Å². The molecule has 4 aliphatic rings. The van der Waals surface area contributed by atoms with Crippen LogP contribution in [-0.4, -0.2) is 72.9 Å². The van der Waals surface area contributed by atoms with E-state index in [0.29, 0.717) is 36.5 Å². The number of aromatic nitrogens is 2. The lowest BCUT2D eigenvalue weighted by Gasteiger charge is -2.33. The Morgan fingerprint density at radius 1 is 1.30 bits per heavy atom. The summed E-state index contributed by atoms with van der Waals surface area (Å²) >= 11 is 5.90. The molecule has 9 heteroatoms. The average molecular weight is 533 g/mol. The molecule has 3 fully saturated rings. The molecule has 5 unspecified atom stereocenters. The lowest BCUT2D eigenvalue weighted by Crippen LogP contribution is -2.41. The molecule has 0 aromatic carbocycles. The number of alkyl halides is 1. The molecular weight excluding hydrogens is 495 g/mol. The fourth-order valence-electron chi connectivity index (χ4n) is 5.99. The zero-order valence-corrected chi connectivity index (χ0v) is 22.6. The summed E-state index contributed by atoms with van der Waals surface area (Å²) in [7, 11) is 1.79. The first-order valence-electron chi connectivity index (χ1n) is 13.6. The quantitative estimate of drug-likeness (QED) is 0.454. The number of amides is 1. The van der Waals surface area contributed by atoms with Crippen LogP contribution in [0.15, 0.2) is 36.4 Å². The lowest BCUT2D eigenvalue weighted by atomic mass is 9.78. The van der Waals surface area contributed by atoms with Crippen molar-refractivity contribution in [2.75, 3.05) is 44.9 Å². The van der Waals surface area contributed by atoms with Gasteiger partial charge in [0.05, 0.1) is 36.7 Å². The van der Waals surface area contributed by atoms with E-state index < -0.39 is 11.6 Å². The van der Waals surface area contributed by atoms with Crippen molar-refractivity contribution in [1.82, 2.24) is 14.9 Å². The summed E-state index contributed by atoms with van der Waals surface area (Å²) < 4.78 is 26.5. The third kappa shape index (κ3) is 6.28. The van der Waals surface area contributed by atoms with Crippen molar-refractivity contribution >= 4 is 23.5 Å². The smallest absolute Gasteiger partial charge is 0.225 e. The van der Waals surface area contributed by atoms with Crippen LogP contribution in [0, 0.1) is 23.2 Å². The van der Waals surface area contributed by atoms with E-state index in [4.69, 9.17) is 21.1 Å². The van der Waals surface area contributed by atoms with Crippen molar-refractivity contribution in [2.24, 2.45) is 23.2 Å². The predicted octanol–water partition coefficient (Wildman–Crippen LogP) is 4.82. The van der Waals surface area contributed by atoms with Gasteiger partial charge in [0.15, 0.2) is 0 Å². The molecule has 3 heterocycles. The number of hydrogen-bond acceptors (Lipinski definition) is 6. The summed E-state index contributed by atoms with van der Waals surface area (Å²) in [6, 6.07) is 0.0902. The lowest BCUT2D eigenvalue weighted by molar-refractivity contribution is -0.134. The van der Waals surface area contributed by atoms with Gasteiger partial charge >= 0.3 is 0 Å². The Labute approximate surface area is 224 Å². The molecule has 2 aliphatic carbocycles. The Bertz CT molecular complexity index is 1010. The van der Waals surface area contributed by atoms with Crippen LogP contribution in [0.3, 0.4) is 0 Å². The fourth-order valence-corrected chi connectivity index (χ4v) is 6.09. The summed E-state index contributed by atoms with van der Waals surface area (Å²) in [6.45, 7) is 5.60. The number of rotatable bonds is 9. The number of piperidine rings is 1. The predicted molar refractivity (Wildman–Crippen MR) is 141 cm³/mol.